The van der Waals surface area contributed by atoms with E-state index in [1.54, 1.807) is 23.1 Å². The Morgan fingerprint density at radius 3 is 2.19 bits per heavy atom. The number of halogens is 3. The number of rotatable bonds is 4. The van der Waals surface area contributed by atoms with Crippen LogP contribution in [0.4, 0.5) is 21.9 Å². The lowest BCUT2D eigenvalue weighted by Gasteiger charge is -2.41. The highest BCUT2D eigenvalue weighted by atomic mass is 35.5. The molecule has 194 valence electrons. The van der Waals surface area contributed by atoms with Gasteiger partial charge in [-0.2, -0.15) is 0 Å². The van der Waals surface area contributed by atoms with Crippen LogP contribution in [0.3, 0.4) is 0 Å². The smallest absolute Gasteiger partial charge is 0.326 e. The van der Waals surface area contributed by atoms with Crippen molar-refractivity contribution in [2.45, 2.75) is 51.7 Å². The van der Waals surface area contributed by atoms with Gasteiger partial charge in [-0.05, 0) is 69.5 Å². The standard InChI is InChI=1S/C29H31Cl3N4O/c1-29(2,3)35-13-11-18(12-14-35)34-19-15-21(20-7-4-5-8-23(20)30)22-17-33-28(37)36(26(22)16-19)27-24(31)9-6-10-25(27)32/h4-10,15-16,18,34H,11-14,17H2,1-3H3,(H,33,37). The van der Waals surface area contributed by atoms with E-state index in [1.165, 1.54) is 0 Å². The Labute approximate surface area is 233 Å². The van der Waals surface area contributed by atoms with Gasteiger partial charge in [0.15, 0.2) is 0 Å². The van der Waals surface area contributed by atoms with Crippen LogP contribution in [-0.2, 0) is 6.54 Å². The zero-order valence-corrected chi connectivity index (χ0v) is 23.5. The van der Waals surface area contributed by atoms with Crippen molar-refractivity contribution < 1.29 is 4.79 Å². The summed E-state index contributed by atoms with van der Waals surface area (Å²) in [6.45, 7) is 9.23. The fourth-order valence-electron chi connectivity index (χ4n) is 5.25. The Bertz CT molecular complexity index is 1310. The maximum Gasteiger partial charge on any atom is 0.326 e. The maximum absolute atomic E-state index is 13.3. The number of carbonyl (C=O) groups is 1. The number of nitrogens with zero attached hydrogens (tertiary/aromatic N) is 2. The average molecular weight is 558 g/mol. The van der Waals surface area contributed by atoms with Gasteiger partial charge in [0.2, 0.25) is 0 Å². The number of urea groups is 1. The SMILES string of the molecule is CC(C)(C)N1CCC(Nc2cc(-c3ccccc3Cl)c3c(c2)N(c2c(Cl)cccc2Cl)C(=O)NC3)CC1. The molecule has 2 heterocycles. The summed E-state index contributed by atoms with van der Waals surface area (Å²) in [4.78, 5) is 17.4. The van der Waals surface area contributed by atoms with Crippen molar-refractivity contribution in [2.24, 2.45) is 0 Å². The van der Waals surface area contributed by atoms with Crippen molar-refractivity contribution >= 4 is 57.9 Å². The molecule has 0 saturated carbocycles. The monoisotopic (exact) mass is 556 g/mol. The second-order valence-electron chi connectivity index (χ2n) is 10.6. The zero-order chi connectivity index (χ0) is 26.3. The number of fused-ring (bicyclic) bond motifs is 1. The third kappa shape index (κ3) is 5.28. The zero-order valence-electron chi connectivity index (χ0n) is 21.2. The molecule has 1 fully saturated rings. The van der Waals surface area contributed by atoms with Gasteiger partial charge in [-0.1, -0.05) is 59.1 Å². The van der Waals surface area contributed by atoms with Gasteiger partial charge in [0.05, 0.1) is 21.4 Å². The molecule has 0 aromatic heterocycles. The molecule has 0 bridgehead atoms. The highest BCUT2D eigenvalue weighted by molar-refractivity contribution is 6.40. The molecule has 5 nitrogen and oxygen atoms in total. The lowest BCUT2D eigenvalue weighted by molar-refractivity contribution is 0.106. The Hall–Kier alpha value is -2.44. The Morgan fingerprint density at radius 1 is 0.892 bits per heavy atom. The summed E-state index contributed by atoms with van der Waals surface area (Å²) in [5, 5.41) is 8.21. The number of benzene rings is 3. The van der Waals surface area contributed by atoms with E-state index in [0.29, 0.717) is 33.3 Å². The third-order valence-corrected chi connectivity index (χ3v) is 8.17. The van der Waals surface area contributed by atoms with Crippen LogP contribution in [0.15, 0.2) is 54.6 Å². The van der Waals surface area contributed by atoms with Crippen molar-refractivity contribution in [1.82, 2.24) is 10.2 Å². The van der Waals surface area contributed by atoms with Gasteiger partial charge in [-0.25, -0.2) is 4.79 Å². The predicted molar refractivity (Wildman–Crippen MR) is 156 cm³/mol. The summed E-state index contributed by atoms with van der Waals surface area (Å²) in [5.41, 5.74) is 5.13. The van der Waals surface area contributed by atoms with Crippen molar-refractivity contribution in [3.8, 4) is 11.1 Å². The number of anilines is 3. The second-order valence-corrected chi connectivity index (χ2v) is 11.9. The summed E-state index contributed by atoms with van der Waals surface area (Å²) >= 11 is 19.8. The Balaban J connectivity index is 1.59. The van der Waals surface area contributed by atoms with Gasteiger partial charge in [-0.3, -0.25) is 9.80 Å². The van der Waals surface area contributed by atoms with Gasteiger partial charge in [0.25, 0.3) is 0 Å². The molecule has 0 radical (unpaired) electrons. The van der Waals surface area contributed by atoms with E-state index in [0.717, 1.165) is 54.0 Å². The van der Waals surface area contributed by atoms with Crippen LogP contribution in [0.2, 0.25) is 15.1 Å². The number of hydrogen-bond donors (Lipinski definition) is 2. The molecule has 3 aromatic carbocycles. The average Bonchev–Trinajstić information content (AvgIpc) is 2.85. The summed E-state index contributed by atoms with van der Waals surface area (Å²) < 4.78 is 0. The molecule has 8 heteroatoms. The first-order chi connectivity index (χ1) is 17.6. The molecule has 2 aliphatic rings. The molecule has 3 aromatic rings. The van der Waals surface area contributed by atoms with Crippen LogP contribution in [-0.4, -0.2) is 35.6 Å². The van der Waals surface area contributed by atoms with Crippen LogP contribution in [0, 0.1) is 0 Å². The Kier molecular flexibility index (Phi) is 7.34. The van der Waals surface area contributed by atoms with E-state index in [-0.39, 0.29) is 11.6 Å². The van der Waals surface area contributed by atoms with Crippen LogP contribution >= 0.6 is 34.8 Å². The van der Waals surface area contributed by atoms with Crippen molar-refractivity contribution in [3.63, 3.8) is 0 Å². The Morgan fingerprint density at radius 2 is 1.54 bits per heavy atom. The first kappa shape index (κ1) is 26.2. The minimum atomic E-state index is -0.275. The fraction of sp³-hybridized carbons (Fsp3) is 0.345. The highest BCUT2D eigenvalue weighted by Gasteiger charge is 2.32. The van der Waals surface area contributed by atoms with Gasteiger partial charge in [0, 0.05) is 53.1 Å². The first-order valence-corrected chi connectivity index (χ1v) is 13.7. The van der Waals surface area contributed by atoms with E-state index in [4.69, 9.17) is 34.8 Å². The minimum Gasteiger partial charge on any atom is -0.382 e. The summed E-state index contributed by atoms with van der Waals surface area (Å²) in [7, 11) is 0. The van der Waals surface area contributed by atoms with Crippen LogP contribution in [0.25, 0.3) is 11.1 Å². The number of nitrogens with one attached hydrogen (secondary N) is 2. The molecule has 0 atom stereocenters. The molecule has 37 heavy (non-hydrogen) atoms. The van der Waals surface area contributed by atoms with Crippen molar-refractivity contribution in [1.29, 1.82) is 0 Å². The molecule has 2 N–H and O–H groups in total. The van der Waals surface area contributed by atoms with E-state index >= 15 is 0 Å². The van der Waals surface area contributed by atoms with Gasteiger partial charge in [-0.15, -0.1) is 0 Å². The number of piperidine rings is 1. The number of likely N-dealkylation sites (tertiary alicyclic amines) is 1. The number of amides is 2. The van der Waals surface area contributed by atoms with Crippen molar-refractivity contribution in [2.75, 3.05) is 23.3 Å². The maximum atomic E-state index is 13.3. The van der Waals surface area contributed by atoms with E-state index in [2.05, 4.69) is 42.4 Å². The summed E-state index contributed by atoms with van der Waals surface area (Å²) in [6, 6.07) is 17.3. The van der Waals surface area contributed by atoms with Gasteiger partial charge in [0.1, 0.15) is 0 Å². The quantitative estimate of drug-likeness (QED) is 0.339. The number of carbonyl (C=O) groups excluding carboxylic acids is 1. The fourth-order valence-corrected chi connectivity index (χ4v) is 6.06. The van der Waals surface area contributed by atoms with Crippen LogP contribution < -0.4 is 15.5 Å². The van der Waals surface area contributed by atoms with Gasteiger partial charge < -0.3 is 10.6 Å². The summed E-state index contributed by atoms with van der Waals surface area (Å²) in [6.07, 6.45) is 2.08. The molecular weight excluding hydrogens is 527 g/mol. The first-order valence-electron chi connectivity index (χ1n) is 12.6. The largest absolute Gasteiger partial charge is 0.382 e. The summed E-state index contributed by atoms with van der Waals surface area (Å²) in [5.74, 6) is 0. The molecule has 0 spiro atoms. The van der Waals surface area contributed by atoms with Crippen LogP contribution in [0.5, 0.6) is 0 Å². The number of para-hydroxylation sites is 1. The molecule has 2 amide bonds. The van der Waals surface area contributed by atoms with E-state index in [9.17, 15) is 4.79 Å². The van der Waals surface area contributed by atoms with Gasteiger partial charge >= 0.3 is 6.03 Å². The highest BCUT2D eigenvalue weighted by Crippen LogP contribution is 2.45. The molecule has 0 unspecified atom stereocenters. The molecule has 5 rings (SSSR count). The van der Waals surface area contributed by atoms with E-state index < -0.39 is 0 Å². The normalized spacial score (nSPS) is 16.9. The topological polar surface area (TPSA) is 47.6 Å². The minimum absolute atomic E-state index is 0.163. The number of hydrogen-bond acceptors (Lipinski definition) is 3. The van der Waals surface area contributed by atoms with Crippen LogP contribution in [0.1, 0.15) is 39.2 Å². The molecule has 0 aliphatic carbocycles. The van der Waals surface area contributed by atoms with E-state index in [1.807, 2.05) is 30.3 Å². The lowest BCUT2D eigenvalue weighted by Crippen LogP contribution is -2.48. The lowest BCUT2D eigenvalue weighted by atomic mass is 9.94. The molecular formula is C29H31Cl3N4O. The predicted octanol–water partition coefficient (Wildman–Crippen LogP) is 8.35. The second kappa shape index (κ2) is 10.4. The van der Waals surface area contributed by atoms with Crippen molar-refractivity contribution in [3.05, 3.63) is 75.2 Å². The molecule has 2 aliphatic heterocycles. The third-order valence-electron chi connectivity index (χ3n) is 7.23. The molecule has 1 saturated heterocycles.